The van der Waals surface area contributed by atoms with Gasteiger partial charge in [-0.25, -0.2) is 12.4 Å². The van der Waals surface area contributed by atoms with Crippen LogP contribution in [0.4, 0.5) is 5.69 Å². The lowest BCUT2D eigenvalue weighted by Gasteiger charge is -2.07. The molecule has 0 saturated carbocycles. The molecule has 1 N–H and O–H groups in total. The molecule has 1 aromatic heterocycles. The van der Waals surface area contributed by atoms with E-state index in [2.05, 4.69) is 0 Å². The molecule has 2 aromatic carbocycles. The lowest BCUT2D eigenvalue weighted by molar-refractivity contribution is -0.384. The zero-order chi connectivity index (χ0) is 17.5. The van der Waals surface area contributed by atoms with E-state index in [0.717, 1.165) is 9.54 Å². The molecule has 1 heterocycles. The summed E-state index contributed by atoms with van der Waals surface area (Å²) in [6, 6.07) is 10.3. The summed E-state index contributed by atoms with van der Waals surface area (Å²) in [6.07, 6.45) is 1.30. The number of aliphatic hydroxyl groups excluding tert-OH is 1. The number of fused-ring (bicyclic) bond motifs is 1. The van der Waals surface area contributed by atoms with Crippen LogP contribution in [0.1, 0.15) is 11.1 Å². The van der Waals surface area contributed by atoms with E-state index >= 15 is 0 Å². The fourth-order valence-corrected chi connectivity index (χ4v) is 3.91. The van der Waals surface area contributed by atoms with Gasteiger partial charge in [0.25, 0.3) is 15.7 Å². The van der Waals surface area contributed by atoms with Crippen molar-refractivity contribution in [3.05, 3.63) is 69.9 Å². The van der Waals surface area contributed by atoms with E-state index in [1.165, 1.54) is 36.5 Å². The average Bonchev–Trinajstić information content (AvgIpc) is 2.93. The predicted octanol–water partition coefficient (Wildman–Crippen LogP) is 2.59. The first-order valence-corrected chi connectivity index (χ1v) is 8.50. The van der Waals surface area contributed by atoms with Crippen molar-refractivity contribution in [2.75, 3.05) is 0 Å². The Labute approximate surface area is 138 Å². The molecule has 0 aliphatic heterocycles. The second-order valence-corrected chi connectivity index (χ2v) is 7.20. The summed E-state index contributed by atoms with van der Waals surface area (Å²) in [4.78, 5) is 10.5. The van der Waals surface area contributed by atoms with E-state index in [-0.39, 0.29) is 16.1 Å². The monoisotopic (exact) mass is 346 g/mol. The third kappa shape index (κ3) is 2.55. The van der Waals surface area contributed by atoms with Crippen molar-refractivity contribution in [2.45, 2.75) is 18.4 Å². The Balaban J connectivity index is 2.26. The first kappa shape index (κ1) is 16.2. The van der Waals surface area contributed by atoms with Crippen molar-refractivity contribution in [3.8, 4) is 0 Å². The molecule has 0 unspecified atom stereocenters. The van der Waals surface area contributed by atoms with Crippen molar-refractivity contribution in [1.82, 2.24) is 3.97 Å². The molecule has 0 aliphatic carbocycles. The number of nitro groups is 1. The predicted molar refractivity (Wildman–Crippen MR) is 88.3 cm³/mol. The molecule has 0 saturated heterocycles. The van der Waals surface area contributed by atoms with Crippen molar-refractivity contribution in [1.29, 1.82) is 0 Å². The fraction of sp³-hybridized carbons (Fsp3) is 0.125. The second kappa shape index (κ2) is 5.73. The normalized spacial score (nSPS) is 11.8. The van der Waals surface area contributed by atoms with E-state index < -0.39 is 21.6 Å². The van der Waals surface area contributed by atoms with Gasteiger partial charge in [-0.1, -0.05) is 17.7 Å². The number of hydrogen-bond acceptors (Lipinski definition) is 5. The minimum Gasteiger partial charge on any atom is -0.392 e. The number of aromatic nitrogens is 1. The lowest BCUT2D eigenvalue weighted by Crippen LogP contribution is -2.11. The molecular formula is C16H14N2O5S. The maximum absolute atomic E-state index is 12.9. The number of non-ortho nitro benzene ring substituents is 1. The summed E-state index contributed by atoms with van der Waals surface area (Å²) in [5.74, 6) is 0. The molecule has 0 spiro atoms. The molecule has 0 aliphatic rings. The van der Waals surface area contributed by atoms with Crippen molar-refractivity contribution in [3.63, 3.8) is 0 Å². The van der Waals surface area contributed by atoms with Crippen LogP contribution in [-0.4, -0.2) is 22.4 Å². The van der Waals surface area contributed by atoms with E-state index in [0.29, 0.717) is 10.9 Å². The van der Waals surface area contributed by atoms with Crippen LogP contribution in [0, 0.1) is 17.0 Å². The fourth-order valence-electron chi connectivity index (χ4n) is 2.52. The Morgan fingerprint density at radius 2 is 1.83 bits per heavy atom. The van der Waals surface area contributed by atoms with Gasteiger partial charge in [-0.05, 0) is 25.1 Å². The number of aliphatic hydroxyl groups is 1. The molecule has 7 nitrogen and oxygen atoms in total. The maximum Gasteiger partial charge on any atom is 0.270 e. The first-order chi connectivity index (χ1) is 11.3. The molecule has 3 rings (SSSR count). The molecule has 8 heteroatoms. The van der Waals surface area contributed by atoms with E-state index in [1.54, 1.807) is 12.1 Å². The van der Waals surface area contributed by atoms with Gasteiger partial charge in [-0.2, -0.15) is 0 Å². The number of nitro benzene ring substituents is 1. The van der Waals surface area contributed by atoms with Gasteiger partial charge in [-0.3, -0.25) is 10.1 Å². The Kier molecular flexibility index (Phi) is 3.86. The molecule has 0 radical (unpaired) electrons. The van der Waals surface area contributed by atoms with E-state index in [1.807, 2.05) is 6.92 Å². The van der Waals surface area contributed by atoms with Crippen LogP contribution in [0.15, 0.2) is 53.6 Å². The number of benzene rings is 2. The number of aryl methyl sites for hydroxylation is 1. The molecular weight excluding hydrogens is 332 g/mol. The highest BCUT2D eigenvalue weighted by molar-refractivity contribution is 7.90. The topological polar surface area (TPSA) is 102 Å². The first-order valence-electron chi connectivity index (χ1n) is 7.06. The Morgan fingerprint density at radius 3 is 2.42 bits per heavy atom. The number of nitrogens with zero attached hydrogens (tertiary/aromatic N) is 2. The van der Waals surface area contributed by atoms with Crippen molar-refractivity contribution < 1.29 is 18.4 Å². The largest absolute Gasteiger partial charge is 0.392 e. The summed E-state index contributed by atoms with van der Waals surface area (Å²) in [7, 11) is -3.87. The smallest absolute Gasteiger partial charge is 0.270 e. The van der Waals surface area contributed by atoms with Crippen molar-refractivity contribution in [2.24, 2.45) is 0 Å². The zero-order valence-electron chi connectivity index (χ0n) is 12.7. The van der Waals surface area contributed by atoms with Gasteiger partial charge in [0.05, 0.1) is 21.9 Å². The van der Waals surface area contributed by atoms with Gasteiger partial charge in [0, 0.05) is 29.3 Å². The van der Waals surface area contributed by atoms with Gasteiger partial charge in [0.1, 0.15) is 0 Å². The summed E-state index contributed by atoms with van der Waals surface area (Å²) in [6.45, 7) is 1.43. The highest BCUT2D eigenvalue weighted by Crippen LogP contribution is 2.29. The minimum absolute atomic E-state index is 0.104. The van der Waals surface area contributed by atoms with Crippen molar-refractivity contribution >= 4 is 26.6 Å². The molecule has 0 fully saturated rings. The lowest BCUT2D eigenvalue weighted by atomic mass is 10.1. The third-order valence-electron chi connectivity index (χ3n) is 3.80. The maximum atomic E-state index is 12.9. The van der Waals surface area contributed by atoms with Crippen LogP contribution in [0.5, 0.6) is 0 Å². The van der Waals surface area contributed by atoms with Crippen LogP contribution in [0.3, 0.4) is 0 Å². The SMILES string of the molecule is Cc1ccc(S(=O)(=O)n2cc(CO)c3cc([N+](=O)[O-])ccc32)cc1. The average molecular weight is 346 g/mol. The molecule has 0 atom stereocenters. The number of hydrogen-bond donors (Lipinski definition) is 1. The highest BCUT2D eigenvalue weighted by Gasteiger charge is 2.22. The molecule has 0 amide bonds. The van der Waals surface area contributed by atoms with Crippen LogP contribution in [0.25, 0.3) is 10.9 Å². The number of rotatable bonds is 4. The summed E-state index contributed by atoms with van der Waals surface area (Å²) >= 11 is 0. The van der Waals surface area contributed by atoms with Crippen LogP contribution >= 0.6 is 0 Å². The van der Waals surface area contributed by atoms with Crippen LogP contribution < -0.4 is 0 Å². The van der Waals surface area contributed by atoms with Gasteiger partial charge in [0.2, 0.25) is 0 Å². The van der Waals surface area contributed by atoms with Crippen LogP contribution in [0.2, 0.25) is 0 Å². The van der Waals surface area contributed by atoms with Gasteiger partial charge >= 0.3 is 0 Å². The summed E-state index contributed by atoms with van der Waals surface area (Å²) < 4.78 is 26.8. The second-order valence-electron chi connectivity index (χ2n) is 5.38. The molecule has 124 valence electrons. The molecule has 24 heavy (non-hydrogen) atoms. The van der Waals surface area contributed by atoms with Gasteiger partial charge in [-0.15, -0.1) is 0 Å². The Hall–Kier alpha value is -2.71. The third-order valence-corrected chi connectivity index (χ3v) is 5.48. The Bertz CT molecular complexity index is 1040. The summed E-state index contributed by atoms with van der Waals surface area (Å²) in [5.41, 5.74) is 1.36. The highest BCUT2D eigenvalue weighted by atomic mass is 32.2. The van der Waals surface area contributed by atoms with Crippen LogP contribution in [-0.2, 0) is 16.6 Å². The molecule has 0 bridgehead atoms. The minimum atomic E-state index is -3.87. The quantitative estimate of drug-likeness (QED) is 0.578. The standard InChI is InChI=1S/C16H14N2O5S/c1-11-2-5-14(6-3-11)24(22,23)17-9-12(10-19)15-8-13(18(20)21)4-7-16(15)17/h2-9,19H,10H2,1H3. The van der Waals surface area contributed by atoms with Gasteiger partial charge in [0.15, 0.2) is 0 Å². The molecule has 3 aromatic rings. The van der Waals surface area contributed by atoms with Gasteiger partial charge < -0.3 is 5.11 Å². The Morgan fingerprint density at radius 1 is 1.17 bits per heavy atom. The summed E-state index contributed by atoms with van der Waals surface area (Å²) in [5, 5.41) is 20.7. The van der Waals surface area contributed by atoms with E-state index in [9.17, 15) is 23.6 Å². The zero-order valence-corrected chi connectivity index (χ0v) is 13.5. The van der Waals surface area contributed by atoms with E-state index in [4.69, 9.17) is 0 Å².